The molecule has 0 saturated carbocycles. The average molecular weight is 888 g/mol. The van der Waals surface area contributed by atoms with Gasteiger partial charge in [0.25, 0.3) is 5.91 Å². The van der Waals surface area contributed by atoms with Crippen molar-refractivity contribution in [1.82, 2.24) is 9.62 Å². The van der Waals surface area contributed by atoms with Gasteiger partial charge in [0.2, 0.25) is 22.0 Å². The van der Waals surface area contributed by atoms with Crippen LogP contribution < -0.4 is 20.1 Å². The Bertz CT molecular complexity index is 2840. The highest BCUT2D eigenvalue weighted by atomic mass is 35.5. The lowest BCUT2D eigenvalue weighted by molar-refractivity contribution is -0.142. The molecule has 3 N–H and O–H groups in total. The zero-order valence-corrected chi connectivity index (χ0v) is 35.0. The quantitative estimate of drug-likeness (QED) is 0.110. The van der Waals surface area contributed by atoms with Gasteiger partial charge in [0.15, 0.2) is 0 Å². The topological polar surface area (TPSA) is 175 Å². The molecule has 8 rings (SSSR count). The van der Waals surface area contributed by atoms with Crippen LogP contribution in [0.25, 0.3) is 11.1 Å². The zero-order valence-electron chi connectivity index (χ0n) is 32.6. The number of halogens is 2. The van der Waals surface area contributed by atoms with Crippen LogP contribution in [-0.4, -0.2) is 47.7 Å². The number of fused-ring (bicyclic) bond motifs is 2. The predicted octanol–water partition coefficient (Wildman–Crippen LogP) is 8.11. The van der Waals surface area contributed by atoms with Crippen LogP contribution in [0, 0.1) is 11.3 Å². The van der Waals surface area contributed by atoms with Crippen LogP contribution in [0.15, 0.2) is 138 Å². The molecule has 15 heteroatoms. The monoisotopic (exact) mass is 886 g/mol. The minimum atomic E-state index is -4.29. The summed E-state index contributed by atoms with van der Waals surface area (Å²) in [7, 11) is -4.29. The Morgan fingerprint density at radius 2 is 1.55 bits per heavy atom. The summed E-state index contributed by atoms with van der Waals surface area (Å²) in [5.41, 5.74) is 5.73. The van der Waals surface area contributed by atoms with Crippen molar-refractivity contribution in [2.45, 2.75) is 49.1 Å². The normalized spacial score (nSPS) is 16.4. The maximum atomic E-state index is 14.3. The Hall–Kier alpha value is -6.69. The molecule has 2 heterocycles. The molecule has 312 valence electrons. The van der Waals surface area contributed by atoms with E-state index in [1.807, 2.05) is 30.3 Å². The Morgan fingerprint density at radius 3 is 2.21 bits per heavy atom. The first-order chi connectivity index (χ1) is 29.9. The number of sulfonamides is 1. The fraction of sp³-hybridized carbons (Fsp3) is 0.149. The van der Waals surface area contributed by atoms with Crippen LogP contribution in [0.1, 0.15) is 39.5 Å². The Labute approximate surface area is 367 Å². The van der Waals surface area contributed by atoms with Crippen molar-refractivity contribution < 1.29 is 37.4 Å². The van der Waals surface area contributed by atoms with Crippen molar-refractivity contribution in [2.75, 3.05) is 5.32 Å². The molecule has 0 spiro atoms. The summed E-state index contributed by atoms with van der Waals surface area (Å²) in [6.07, 6.45) is -1.22. The molecule has 2 amide bonds. The van der Waals surface area contributed by atoms with Gasteiger partial charge in [0.1, 0.15) is 30.2 Å². The highest BCUT2D eigenvalue weighted by Gasteiger charge is 2.42. The molecular weight excluding hydrogens is 852 g/mol. The first-order valence-electron chi connectivity index (χ1n) is 19.4. The van der Waals surface area contributed by atoms with E-state index in [1.165, 1.54) is 12.1 Å². The number of benzene rings is 6. The molecule has 0 fully saturated rings. The molecule has 2 aliphatic rings. The van der Waals surface area contributed by atoms with Gasteiger partial charge in [0, 0.05) is 18.5 Å². The number of carbonyl (C=O) groups excluding carboxylic acids is 2. The number of aliphatic carboxylic acids is 1. The third-order valence-corrected chi connectivity index (χ3v) is 13.3. The molecule has 0 radical (unpaired) electrons. The van der Waals surface area contributed by atoms with Gasteiger partial charge in [-0.1, -0.05) is 96.0 Å². The van der Waals surface area contributed by atoms with Gasteiger partial charge in [-0.15, -0.1) is 0 Å². The molecule has 0 saturated heterocycles. The zero-order chi connectivity index (χ0) is 43.5. The standard InChI is InChI=1S/C47H36Cl2N4O8S/c48-38-19-10-30(20-39(38)49)27-60-36-17-15-33(16-18-36)44-46(55)51-40-22-34-23-42(53(26-35(34)24-43(40)61-44)62(58,59)37-4-2-1-3-5-37)45(54)52-41(47(56)57)21-28-6-11-31(12-7-28)32-13-8-29(25-50)9-14-32/h1-20,22,24,41-42,44H,21,23,26-27H2,(H,51,55)(H,52,54)(H,56,57)/t41-,42?,44-/m0/s1. The van der Waals surface area contributed by atoms with Crippen molar-refractivity contribution in [2.24, 2.45) is 0 Å². The minimum Gasteiger partial charge on any atom is -0.489 e. The molecule has 1 unspecified atom stereocenters. The lowest BCUT2D eigenvalue weighted by atomic mass is 9.93. The van der Waals surface area contributed by atoms with E-state index in [4.69, 9.17) is 37.9 Å². The molecule has 2 aliphatic heterocycles. The summed E-state index contributed by atoms with van der Waals surface area (Å²) in [6.45, 7) is 0.00536. The number of amides is 2. The van der Waals surface area contributed by atoms with E-state index in [0.717, 1.165) is 21.0 Å². The van der Waals surface area contributed by atoms with Crippen LogP contribution in [0.2, 0.25) is 10.0 Å². The van der Waals surface area contributed by atoms with E-state index in [9.17, 15) is 27.9 Å². The molecule has 6 aromatic carbocycles. The second kappa shape index (κ2) is 17.7. The second-order valence-corrected chi connectivity index (χ2v) is 17.5. The first kappa shape index (κ1) is 42.0. The van der Waals surface area contributed by atoms with E-state index in [2.05, 4.69) is 16.7 Å². The minimum absolute atomic E-state index is 0.0377. The van der Waals surface area contributed by atoms with E-state index in [-0.39, 0.29) is 30.9 Å². The van der Waals surface area contributed by atoms with Crippen molar-refractivity contribution >= 4 is 56.7 Å². The largest absolute Gasteiger partial charge is 0.489 e. The summed E-state index contributed by atoms with van der Waals surface area (Å²) < 4.78 is 41.7. The van der Waals surface area contributed by atoms with Gasteiger partial charge < -0.3 is 25.2 Å². The first-order valence-corrected chi connectivity index (χ1v) is 21.6. The third-order valence-electron chi connectivity index (χ3n) is 10.7. The van der Waals surface area contributed by atoms with Gasteiger partial charge in [0.05, 0.1) is 32.3 Å². The van der Waals surface area contributed by atoms with Gasteiger partial charge in [-0.2, -0.15) is 9.57 Å². The lowest BCUT2D eigenvalue weighted by Gasteiger charge is -2.36. The maximum Gasteiger partial charge on any atom is 0.326 e. The molecular formula is C47H36Cl2N4O8S. The van der Waals surface area contributed by atoms with Crippen molar-refractivity contribution in [3.63, 3.8) is 0 Å². The number of hydrogen-bond donors (Lipinski definition) is 3. The number of nitrogens with zero attached hydrogens (tertiary/aromatic N) is 2. The number of carboxylic acids is 1. The molecule has 0 aliphatic carbocycles. The molecule has 62 heavy (non-hydrogen) atoms. The van der Waals surface area contributed by atoms with E-state index in [0.29, 0.717) is 55.0 Å². The molecule has 12 nitrogen and oxygen atoms in total. The molecule has 6 aromatic rings. The Balaban J connectivity index is 1.01. The molecule has 0 aromatic heterocycles. The van der Waals surface area contributed by atoms with Gasteiger partial charge in [-0.3, -0.25) is 9.59 Å². The maximum absolute atomic E-state index is 14.3. The number of nitriles is 1. The van der Waals surface area contributed by atoms with Crippen molar-refractivity contribution in [1.29, 1.82) is 5.26 Å². The number of hydrogen-bond acceptors (Lipinski definition) is 8. The van der Waals surface area contributed by atoms with Crippen LogP contribution in [0.5, 0.6) is 11.5 Å². The smallest absolute Gasteiger partial charge is 0.326 e. The van der Waals surface area contributed by atoms with E-state index in [1.54, 1.807) is 91.0 Å². The number of rotatable bonds is 12. The summed E-state index contributed by atoms with van der Waals surface area (Å²) in [5.74, 6) is -1.66. The van der Waals surface area contributed by atoms with E-state index < -0.39 is 46.0 Å². The van der Waals surface area contributed by atoms with Crippen LogP contribution in [0.3, 0.4) is 0 Å². The third kappa shape index (κ3) is 9.00. The fourth-order valence-electron chi connectivity index (χ4n) is 7.40. The van der Waals surface area contributed by atoms with Crippen LogP contribution >= 0.6 is 23.2 Å². The predicted molar refractivity (Wildman–Crippen MR) is 232 cm³/mol. The molecule has 3 atom stereocenters. The SMILES string of the molecule is N#Cc1ccc(-c2ccc(C[C@H](NC(=O)C3Cc4cc5c(cc4CN3S(=O)(=O)c3ccccc3)O[C@@H](c3ccc(OCc4ccc(Cl)c(Cl)c4)cc3)C(=O)N5)C(=O)O)cc2)cc1. The van der Waals surface area contributed by atoms with Crippen molar-refractivity contribution in [3.8, 4) is 28.7 Å². The summed E-state index contributed by atoms with van der Waals surface area (Å²) >= 11 is 12.1. The Morgan fingerprint density at radius 1 is 0.871 bits per heavy atom. The Kier molecular flexibility index (Phi) is 12.0. The average Bonchev–Trinajstić information content (AvgIpc) is 3.28. The van der Waals surface area contributed by atoms with Gasteiger partial charge >= 0.3 is 5.97 Å². The second-order valence-electron chi connectivity index (χ2n) is 14.8. The van der Waals surface area contributed by atoms with Gasteiger partial charge in [-0.05, 0) is 100 Å². The number of carboxylic acid groups (broad SMARTS) is 1. The number of carbonyl (C=O) groups is 3. The summed E-state index contributed by atoms with van der Waals surface area (Å²) in [6, 6.07) is 36.7. The number of anilines is 1. The van der Waals surface area contributed by atoms with Crippen molar-refractivity contribution in [3.05, 3.63) is 177 Å². The fourth-order valence-corrected chi connectivity index (χ4v) is 9.31. The highest BCUT2D eigenvalue weighted by molar-refractivity contribution is 7.89. The molecule has 0 bridgehead atoms. The summed E-state index contributed by atoms with van der Waals surface area (Å²) in [5, 5.41) is 25.7. The number of ether oxygens (including phenoxy) is 2. The van der Waals surface area contributed by atoms with Crippen LogP contribution in [0.4, 0.5) is 5.69 Å². The highest BCUT2D eigenvalue weighted by Crippen LogP contribution is 2.41. The van der Waals surface area contributed by atoms with Gasteiger partial charge in [-0.25, -0.2) is 13.2 Å². The van der Waals surface area contributed by atoms with E-state index >= 15 is 0 Å². The summed E-state index contributed by atoms with van der Waals surface area (Å²) in [4.78, 5) is 40.1. The van der Waals surface area contributed by atoms with Crippen LogP contribution in [-0.2, 0) is 50.4 Å². The lowest BCUT2D eigenvalue weighted by Crippen LogP contribution is -2.55. The number of nitrogens with one attached hydrogen (secondary N) is 2.